The lowest BCUT2D eigenvalue weighted by Gasteiger charge is -2.32. The number of rotatable bonds is 5. The van der Waals surface area contributed by atoms with Crippen molar-refractivity contribution in [2.45, 2.75) is 31.4 Å². The summed E-state index contributed by atoms with van der Waals surface area (Å²) >= 11 is 12.2. The number of benzene rings is 2. The summed E-state index contributed by atoms with van der Waals surface area (Å²) in [5.41, 5.74) is 7.44. The standard InChI is InChI=1S/C17H19Cl2NO/c1-17(11-16(20)21,13-6-8-14(18)9-7-13)10-12-4-2-3-5-15(12)19/h2-9,16,21H,10-11,20H2,1H3/t16-,17?/m1/s1. The van der Waals surface area contributed by atoms with E-state index in [-0.39, 0.29) is 5.41 Å². The van der Waals surface area contributed by atoms with Crippen LogP contribution in [0.1, 0.15) is 24.5 Å². The predicted octanol–water partition coefficient (Wildman–Crippen LogP) is 4.16. The topological polar surface area (TPSA) is 46.2 Å². The smallest absolute Gasteiger partial charge is 0.103 e. The molecule has 0 bridgehead atoms. The minimum absolute atomic E-state index is 0.316. The molecule has 4 heteroatoms. The average molecular weight is 324 g/mol. The minimum Gasteiger partial charge on any atom is -0.379 e. The molecule has 2 rings (SSSR count). The third kappa shape index (κ3) is 4.21. The van der Waals surface area contributed by atoms with Crippen LogP contribution >= 0.6 is 23.2 Å². The van der Waals surface area contributed by atoms with E-state index in [4.69, 9.17) is 28.9 Å². The lowest BCUT2D eigenvalue weighted by molar-refractivity contribution is 0.140. The Morgan fingerprint density at radius 1 is 1.10 bits per heavy atom. The maximum absolute atomic E-state index is 9.67. The third-order valence-electron chi connectivity index (χ3n) is 3.74. The van der Waals surface area contributed by atoms with Crippen LogP contribution in [0.25, 0.3) is 0 Å². The number of aliphatic hydroxyl groups excluding tert-OH is 1. The first kappa shape index (κ1) is 16.3. The van der Waals surface area contributed by atoms with E-state index >= 15 is 0 Å². The summed E-state index contributed by atoms with van der Waals surface area (Å²) < 4.78 is 0. The van der Waals surface area contributed by atoms with Gasteiger partial charge in [0.05, 0.1) is 0 Å². The van der Waals surface area contributed by atoms with Gasteiger partial charge in [0.15, 0.2) is 0 Å². The van der Waals surface area contributed by atoms with Crippen molar-refractivity contribution >= 4 is 23.2 Å². The van der Waals surface area contributed by atoms with E-state index in [0.29, 0.717) is 17.9 Å². The highest BCUT2D eigenvalue weighted by Gasteiger charge is 2.29. The highest BCUT2D eigenvalue weighted by atomic mass is 35.5. The van der Waals surface area contributed by atoms with Gasteiger partial charge in [0.25, 0.3) is 0 Å². The van der Waals surface area contributed by atoms with Crippen molar-refractivity contribution in [3.8, 4) is 0 Å². The first-order valence-electron chi connectivity index (χ1n) is 6.84. The van der Waals surface area contributed by atoms with Crippen molar-refractivity contribution < 1.29 is 5.11 Å². The fourth-order valence-corrected chi connectivity index (χ4v) is 3.00. The molecule has 21 heavy (non-hydrogen) atoms. The Morgan fingerprint density at radius 3 is 2.29 bits per heavy atom. The number of hydrogen-bond donors (Lipinski definition) is 2. The molecule has 0 spiro atoms. The van der Waals surface area contributed by atoms with E-state index in [1.165, 1.54) is 0 Å². The fraction of sp³-hybridized carbons (Fsp3) is 0.294. The summed E-state index contributed by atoms with van der Waals surface area (Å²) in [7, 11) is 0. The zero-order valence-corrected chi connectivity index (χ0v) is 13.4. The number of halogens is 2. The molecule has 0 aliphatic heterocycles. The van der Waals surface area contributed by atoms with Crippen molar-refractivity contribution in [3.63, 3.8) is 0 Å². The molecular formula is C17H19Cl2NO. The van der Waals surface area contributed by atoms with Crippen LogP contribution in [0.2, 0.25) is 10.0 Å². The van der Waals surface area contributed by atoms with E-state index in [1.807, 2.05) is 48.5 Å². The molecule has 0 saturated carbocycles. The van der Waals surface area contributed by atoms with E-state index < -0.39 is 6.23 Å². The Kier molecular flexibility index (Phi) is 5.28. The predicted molar refractivity (Wildman–Crippen MR) is 88.8 cm³/mol. The second-order valence-corrected chi connectivity index (χ2v) is 6.45. The van der Waals surface area contributed by atoms with Gasteiger partial charge < -0.3 is 10.8 Å². The maximum atomic E-state index is 9.67. The van der Waals surface area contributed by atoms with Crippen LogP contribution in [0.5, 0.6) is 0 Å². The van der Waals surface area contributed by atoms with Crippen molar-refractivity contribution in [2.24, 2.45) is 5.73 Å². The van der Waals surface area contributed by atoms with E-state index in [2.05, 4.69) is 6.92 Å². The van der Waals surface area contributed by atoms with Crippen LogP contribution in [0.3, 0.4) is 0 Å². The average Bonchev–Trinajstić information content (AvgIpc) is 2.41. The Hall–Kier alpha value is -1.06. The molecule has 0 aromatic heterocycles. The van der Waals surface area contributed by atoms with E-state index in [1.54, 1.807) is 0 Å². The summed E-state index contributed by atoms with van der Waals surface area (Å²) in [5.74, 6) is 0. The van der Waals surface area contributed by atoms with Gasteiger partial charge in [-0.05, 0) is 42.2 Å². The summed E-state index contributed by atoms with van der Waals surface area (Å²) in [4.78, 5) is 0. The summed E-state index contributed by atoms with van der Waals surface area (Å²) in [5, 5.41) is 11.1. The first-order chi connectivity index (χ1) is 9.90. The molecule has 2 nitrogen and oxygen atoms in total. The van der Waals surface area contributed by atoms with Crippen LogP contribution in [0.15, 0.2) is 48.5 Å². The maximum Gasteiger partial charge on any atom is 0.103 e. The number of hydrogen-bond acceptors (Lipinski definition) is 2. The fourth-order valence-electron chi connectivity index (χ4n) is 2.67. The zero-order chi connectivity index (χ0) is 15.5. The molecule has 0 radical (unpaired) electrons. The molecule has 112 valence electrons. The highest BCUT2D eigenvalue weighted by molar-refractivity contribution is 6.31. The molecule has 0 fully saturated rings. The lowest BCUT2D eigenvalue weighted by atomic mass is 9.74. The molecule has 0 heterocycles. The molecule has 0 saturated heterocycles. The third-order valence-corrected chi connectivity index (χ3v) is 4.36. The van der Waals surface area contributed by atoms with Gasteiger partial charge in [0.2, 0.25) is 0 Å². The zero-order valence-electron chi connectivity index (χ0n) is 11.9. The van der Waals surface area contributed by atoms with Crippen molar-refractivity contribution in [1.82, 2.24) is 0 Å². The van der Waals surface area contributed by atoms with Crippen molar-refractivity contribution in [2.75, 3.05) is 0 Å². The monoisotopic (exact) mass is 323 g/mol. The normalized spacial score (nSPS) is 15.5. The molecule has 2 aromatic rings. The van der Waals surface area contributed by atoms with Gasteiger partial charge in [-0.2, -0.15) is 0 Å². The van der Waals surface area contributed by atoms with Gasteiger partial charge in [0.1, 0.15) is 6.23 Å². The quantitative estimate of drug-likeness (QED) is 0.811. The van der Waals surface area contributed by atoms with Crippen LogP contribution < -0.4 is 5.73 Å². The number of aliphatic hydroxyl groups is 1. The van der Waals surface area contributed by atoms with Crippen LogP contribution in [-0.4, -0.2) is 11.3 Å². The van der Waals surface area contributed by atoms with Gasteiger partial charge in [0, 0.05) is 15.5 Å². The molecule has 2 aromatic carbocycles. The van der Waals surface area contributed by atoms with Gasteiger partial charge in [-0.25, -0.2) is 0 Å². The molecule has 3 N–H and O–H groups in total. The second kappa shape index (κ2) is 6.80. The molecule has 0 aliphatic rings. The summed E-state index contributed by atoms with van der Waals surface area (Å²) in [6, 6.07) is 15.4. The Balaban J connectivity index is 2.37. The van der Waals surface area contributed by atoms with Crippen LogP contribution in [-0.2, 0) is 11.8 Å². The van der Waals surface area contributed by atoms with Gasteiger partial charge >= 0.3 is 0 Å². The lowest BCUT2D eigenvalue weighted by Crippen LogP contribution is -2.34. The first-order valence-corrected chi connectivity index (χ1v) is 7.59. The Labute approximate surface area is 135 Å². The van der Waals surface area contributed by atoms with Crippen LogP contribution in [0, 0.1) is 0 Å². The number of nitrogens with two attached hydrogens (primary N) is 1. The summed E-state index contributed by atoms with van der Waals surface area (Å²) in [6.45, 7) is 2.08. The van der Waals surface area contributed by atoms with Gasteiger partial charge in [-0.1, -0.05) is 60.5 Å². The Morgan fingerprint density at radius 2 is 1.71 bits per heavy atom. The Bertz CT molecular complexity index is 598. The molecule has 0 aliphatic carbocycles. The van der Waals surface area contributed by atoms with E-state index in [9.17, 15) is 5.11 Å². The SMILES string of the molecule is CC(Cc1ccccc1Cl)(C[C@H](N)O)c1ccc(Cl)cc1. The van der Waals surface area contributed by atoms with E-state index in [0.717, 1.165) is 16.1 Å². The molecule has 1 unspecified atom stereocenters. The molecule has 2 atom stereocenters. The second-order valence-electron chi connectivity index (χ2n) is 5.61. The largest absolute Gasteiger partial charge is 0.379 e. The van der Waals surface area contributed by atoms with Crippen LogP contribution in [0.4, 0.5) is 0 Å². The summed E-state index contributed by atoms with van der Waals surface area (Å²) in [6.07, 6.45) is 0.260. The van der Waals surface area contributed by atoms with Gasteiger partial charge in [-0.3, -0.25) is 0 Å². The van der Waals surface area contributed by atoms with Crippen molar-refractivity contribution in [3.05, 3.63) is 69.7 Å². The molecule has 0 amide bonds. The van der Waals surface area contributed by atoms with Gasteiger partial charge in [-0.15, -0.1) is 0 Å². The van der Waals surface area contributed by atoms with Crippen molar-refractivity contribution in [1.29, 1.82) is 0 Å². The highest BCUT2D eigenvalue weighted by Crippen LogP contribution is 2.34. The minimum atomic E-state index is -0.881. The molecular weight excluding hydrogens is 305 g/mol.